The first-order valence-electron chi connectivity index (χ1n) is 10.5. The maximum Gasteiger partial charge on any atom is 0.251 e. The Morgan fingerprint density at radius 1 is 1.12 bits per heavy atom. The third-order valence-corrected chi connectivity index (χ3v) is 6.30. The van der Waals surface area contributed by atoms with Gasteiger partial charge in [-0.05, 0) is 48.4 Å². The molecule has 0 radical (unpaired) electrons. The van der Waals surface area contributed by atoms with Crippen molar-refractivity contribution >= 4 is 28.3 Å². The number of rotatable bonds is 8. The molecule has 2 amide bonds. The van der Waals surface area contributed by atoms with Gasteiger partial charge < -0.3 is 19.5 Å². The van der Waals surface area contributed by atoms with Gasteiger partial charge in [0, 0.05) is 11.1 Å². The molecule has 0 spiro atoms. The number of ether oxygens (including phenoxy) is 3. The van der Waals surface area contributed by atoms with E-state index in [1.807, 2.05) is 32.0 Å². The molecule has 0 saturated heterocycles. The smallest absolute Gasteiger partial charge is 0.251 e. The lowest BCUT2D eigenvalue weighted by molar-refractivity contribution is -0.119. The first-order chi connectivity index (χ1) is 16.0. The number of aromatic nitrogens is 2. The molecule has 2 unspecified atom stereocenters. The van der Waals surface area contributed by atoms with Gasteiger partial charge in [0.25, 0.3) is 5.91 Å². The molecule has 0 aliphatic carbocycles. The normalized spacial score (nSPS) is 13.8. The van der Waals surface area contributed by atoms with Crippen LogP contribution < -0.4 is 24.8 Å². The van der Waals surface area contributed by atoms with Crippen LogP contribution in [0, 0.1) is 5.92 Å². The first-order valence-corrected chi connectivity index (χ1v) is 11.3. The molecule has 33 heavy (non-hydrogen) atoms. The molecule has 1 aliphatic heterocycles. The molecule has 1 aromatic heterocycles. The second kappa shape index (κ2) is 9.86. The molecule has 2 heterocycles. The minimum Gasteiger partial charge on any atom is -0.497 e. The molecule has 0 bridgehead atoms. The number of nitrogens with one attached hydrogen (secondary N) is 2. The van der Waals surface area contributed by atoms with Gasteiger partial charge >= 0.3 is 0 Å². The number of hydrogen-bond donors (Lipinski definition) is 2. The maximum atomic E-state index is 13.0. The highest BCUT2D eigenvalue weighted by Gasteiger charge is 2.27. The van der Waals surface area contributed by atoms with E-state index in [0.717, 1.165) is 5.56 Å². The highest BCUT2D eigenvalue weighted by molar-refractivity contribution is 7.18. The van der Waals surface area contributed by atoms with Gasteiger partial charge in [-0.15, -0.1) is 10.2 Å². The molecule has 2 atom stereocenters. The van der Waals surface area contributed by atoms with Crippen LogP contribution in [0.1, 0.15) is 30.6 Å². The summed E-state index contributed by atoms with van der Waals surface area (Å²) < 4.78 is 15.9. The van der Waals surface area contributed by atoms with Crippen LogP contribution in [0.5, 0.6) is 17.2 Å². The van der Waals surface area contributed by atoms with E-state index in [1.54, 1.807) is 31.4 Å². The van der Waals surface area contributed by atoms with Crippen molar-refractivity contribution in [2.75, 3.05) is 19.2 Å². The van der Waals surface area contributed by atoms with Crippen molar-refractivity contribution in [1.29, 1.82) is 0 Å². The zero-order chi connectivity index (χ0) is 23.4. The summed E-state index contributed by atoms with van der Waals surface area (Å²) in [5.74, 6) is 1.20. The van der Waals surface area contributed by atoms with Gasteiger partial charge in [-0.25, -0.2) is 0 Å². The first kappa shape index (κ1) is 22.5. The third kappa shape index (κ3) is 5.06. The number of fused-ring (bicyclic) bond motifs is 1. The Hall–Kier alpha value is -3.66. The van der Waals surface area contributed by atoms with Gasteiger partial charge in [0.15, 0.2) is 11.5 Å². The van der Waals surface area contributed by atoms with Crippen molar-refractivity contribution < 1.29 is 23.8 Å². The lowest BCUT2D eigenvalue weighted by Gasteiger charge is -2.23. The average Bonchev–Trinajstić information content (AvgIpc) is 3.50. The summed E-state index contributed by atoms with van der Waals surface area (Å²) in [7, 11) is 1.56. The SMILES string of the molecule is CCC(C)C(NC(=O)c1ccc(OC)cc1)C(=O)Nc1nnc(-c2ccc3c(c2)OCO3)s1. The predicted molar refractivity (Wildman–Crippen MR) is 124 cm³/mol. The van der Waals surface area contributed by atoms with E-state index in [-0.39, 0.29) is 24.5 Å². The molecule has 2 N–H and O–H groups in total. The Labute approximate surface area is 195 Å². The van der Waals surface area contributed by atoms with Gasteiger partial charge in [0.2, 0.25) is 17.8 Å². The van der Waals surface area contributed by atoms with E-state index in [0.29, 0.717) is 39.4 Å². The standard InChI is InChI=1S/C23H24N4O5S/c1-4-13(2)19(24-20(28)14-5-8-16(30-3)9-6-14)21(29)25-23-27-26-22(33-23)15-7-10-17-18(11-15)32-12-31-17/h5-11,13,19H,4,12H2,1-3H3,(H,24,28)(H,25,27,29). The largest absolute Gasteiger partial charge is 0.497 e. The second-order valence-corrected chi connectivity index (χ2v) is 8.51. The lowest BCUT2D eigenvalue weighted by Crippen LogP contribution is -2.47. The number of anilines is 1. The zero-order valence-corrected chi connectivity index (χ0v) is 19.3. The molecule has 3 aromatic rings. The minimum absolute atomic E-state index is 0.0894. The van der Waals surface area contributed by atoms with Crippen LogP contribution in [0.25, 0.3) is 10.6 Å². The monoisotopic (exact) mass is 468 g/mol. The Kier molecular flexibility index (Phi) is 6.74. The lowest BCUT2D eigenvalue weighted by atomic mass is 9.98. The average molecular weight is 469 g/mol. The van der Waals surface area contributed by atoms with Crippen LogP contribution in [-0.4, -0.2) is 42.0 Å². The van der Waals surface area contributed by atoms with Gasteiger partial charge in [-0.2, -0.15) is 0 Å². The topological polar surface area (TPSA) is 112 Å². The van der Waals surface area contributed by atoms with Crippen LogP contribution in [0.15, 0.2) is 42.5 Å². The maximum absolute atomic E-state index is 13.0. The third-order valence-electron chi connectivity index (χ3n) is 5.41. The van der Waals surface area contributed by atoms with E-state index in [4.69, 9.17) is 14.2 Å². The molecule has 1 aliphatic rings. The number of carbonyl (C=O) groups excluding carboxylic acids is 2. The summed E-state index contributed by atoms with van der Waals surface area (Å²) in [5.41, 5.74) is 1.25. The quantitative estimate of drug-likeness (QED) is 0.518. The molecular formula is C23H24N4O5S. The summed E-state index contributed by atoms with van der Waals surface area (Å²) >= 11 is 1.24. The fraction of sp³-hybridized carbons (Fsp3) is 0.304. The molecule has 0 saturated carbocycles. The van der Waals surface area contributed by atoms with E-state index >= 15 is 0 Å². The fourth-order valence-corrected chi connectivity index (χ4v) is 4.01. The summed E-state index contributed by atoms with van der Waals surface area (Å²) in [6, 6.07) is 11.5. The number of amides is 2. The van der Waals surface area contributed by atoms with Crippen LogP contribution in [0.3, 0.4) is 0 Å². The Morgan fingerprint density at radius 3 is 2.61 bits per heavy atom. The van der Waals surface area contributed by atoms with Crippen molar-refractivity contribution in [3.63, 3.8) is 0 Å². The number of nitrogens with zero attached hydrogens (tertiary/aromatic N) is 2. The highest BCUT2D eigenvalue weighted by Crippen LogP contribution is 2.37. The van der Waals surface area contributed by atoms with Gasteiger partial charge in [-0.1, -0.05) is 31.6 Å². The predicted octanol–water partition coefficient (Wildman–Crippen LogP) is 3.73. The second-order valence-electron chi connectivity index (χ2n) is 7.53. The Morgan fingerprint density at radius 2 is 1.88 bits per heavy atom. The molecule has 0 fully saturated rings. The Bertz CT molecular complexity index is 1150. The van der Waals surface area contributed by atoms with Crippen molar-refractivity contribution in [1.82, 2.24) is 15.5 Å². The Balaban J connectivity index is 1.45. The van der Waals surface area contributed by atoms with Crippen molar-refractivity contribution in [2.24, 2.45) is 5.92 Å². The van der Waals surface area contributed by atoms with Crippen molar-refractivity contribution in [2.45, 2.75) is 26.3 Å². The summed E-state index contributed by atoms with van der Waals surface area (Å²) in [4.78, 5) is 25.8. The van der Waals surface area contributed by atoms with Crippen molar-refractivity contribution in [3.8, 4) is 27.8 Å². The number of hydrogen-bond acceptors (Lipinski definition) is 8. The molecule has 10 heteroatoms. The number of benzene rings is 2. The van der Waals surface area contributed by atoms with Gasteiger partial charge in [0.05, 0.1) is 7.11 Å². The molecule has 172 valence electrons. The molecule has 9 nitrogen and oxygen atoms in total. The van der Waals surface area contributed by atoms with Crippen LogP contribution >= 0.6 is 11.3 Å². The molecule has 4 rings (SSSR count). The van der Waals surface area contributed by atoms with E-state index in [9.17, 15) is 9.59 Å². The zero-order valence-electron chi connectivity index (χ0n) is 18.5. The van der Waals surface area contributed by atoms with Crippen LogP contribution in [0.2, 0.25) is 0 Å². The van der Waals surface area contributed by atoms with Gasteiger partial charge in [-0.3, -0.25) is 14.9 Å². The van der Waals surface area contributed by atoms with Crippen molar-refractivity contribution in [3.05, 3.63) is 48.0 Å². The summed E-state index contributed by atoms with van der Waals surface area (Å²) in [5, 5.41) is 14.9. The van der Waals surface area contributed by atoms with E-state index in [2.05, 4.69) is 20.8 Å². The van der Waals surface area contributed by atoms with Crippen LogP contribution in [-0.2, 0) is 4.79 Å². The minimum atomic E-state index is -0.734. The van der Waals surface area contributed by atoms with E-state index < -0.39 is 6.04 Å². The summed E-state index contributed by atoms with van der Waals surface area (Å²) in [6.07, 6.45) is 0.708. The molecular weight excluding hydrogens is 444 g/mol. The number of carbonyl (C=O) groups is 2. The molecule has 2 aromatic carbocycles. The summed E-state index contributed by atoms with van der Waals surface area (Å²) in [6.45, 7) is 4.07. The number of methoxy groups -OCH3 is 1. The van der Waals surface area contributed by atoms with Gasteiger partial charge in [0.1, 0.15) is 16.8 Å². The fourth-order valence-electron chi connectivity index (χ4n) is 3.27. The van der Waals surface area contributed by atoms with E-state index in [1.165, 1.54) is 11.3 Å². The highest BCUT2D eigenvalue weighted by atomic mass is 32.1. The van der Waals surface area contributed by atoms with Crippen LogP contribution in [0.4, 0.5) is 5.13 Å².